The quantitative estimate of drug-likeness (QED) is 0.838. The van der Waals surface area contributed by atoms with Crippen LogP contribution in [0.5, 0.6) is 0 Å². The molecule has 0 bridgehead atoms. The Morgan fingerprint density at radius 1 is 1.44 bits per heavy atom. The minimum atomic E-state index is -0.198. The lowest BCUT2D eigenvalue weighted by molar-refractivity contribution is 0.0464. The van der Waals surface area contributed by atoms with Gasteiger partial charge in [0, 0.05) is 25.8 Å². The highest BCUT2D eigenvalue weighted by atomic mass is 19.1. The molecule has 3 nitrogen and oxygen atoms in total. The third-order valence-corrected chi connectivity index (χ3v) is 3.56. The number of nitrogens with zero attached hydrogens (tertiary/aromatic N) is 1. The highest BCUT2D eigenvalue weighted by Gasteiger charge is 2.28. The summed E-state index contributed by atoms with van der Waals surface area (Å²) in [5, 5.41) is 12.4. The molecule has 1 fully saturated rings. The molecule has 0 unspecified atom stereocenters. The SMILES string of the molecule is CNCc1cc(F)ccc1N(C)CC1CC(O)C1. The molecule has 1 aliphatic carbocycles. The van der Waals surface area contributed by atoms with Gasteiger partial charge in [-0.2, -0.15) is 0 Å². The van der Waals surface area contributed by atoms with Crippen LogP contribution >= 0.6 is 0 Å². The first-order chi connectivity index (χ1) is 8.60. The standard InChI is InChI=1S/C14H21FN2O/c1-16-8-11-7-12(15)3-4-14(11)17(2)9-10-5-13(18)6-10/h3-4,7,10,13,16,18H,5-6,8-9H2,1-2H3. The number of anilines is 1. The predicted molar refractivity (Wildman–Crippen MR) is 71.2 cm³/mol. The summed E-state index contributed by atoms with van der Waals surface area (Å²) in [6, 6.07) is 4.91. The van der Waals surface area contributed by atoms with Gasteiger partial charge in [-0.15, -0.1) is 0 Å². The number of halogens is 1. The number of hydrogen-bond donors (Lipinski definition) is 2. The fourth-order valence-corrected chi connectivity index (χ4v) is 2.59. The Kier molecular flexibility index (Phi) is 4.19. The van der Waals surface area contributed by atoms with E-state index in [9.17, 15) is 9.50 Å². The molecule has 4 heteroatoms. The van der Waals surface area contributed by atoms with Gasteiger partial charge in [0.25, 0.3) is 0 Å². The summed E-state index contributed by atoms with van der Waals surface area (Å²) >= 11 is 0. The van der Waals surface area contributed by atoms with Gasteiger partial charge in [0.05, 0.1) is 6.10 Å². The second kappa shape index (κ2) is 5.67. The van der Waals surface area contributed by atoms with E-state index >= 15 is 0 Å². The van der Waals surface area contributed by atoms with Gasteiger partial charge in [-0.05, 0) is 49.6 Å². The van der Waals surface area contributed by atoms with Gasteiger partial charge >= 0.3 is 0 Å². The Morgan fingerprint density at radius 3 is 2.78 bits per heavy atom. The molecule has 0 heterocycles. The number of benzene rings is 1. The van der Waals surface area contributed by atoms with Crippen molar-refractivity contribution in [2.45, 2.75) is 25.5 Å². The van der Waals surface area contributed by atoms with E-state index in [4.69, 9.17) is 0 Å². The molecule has 0 aliphatic heterocycles. The van der Waals surface area contributed by atoms with Crippen LogP contribution in [0.15, 0.2) is 18.2 Å². The average molecular weight is 252 g/mol. The first-order valence-corrected chi connectivity index (χ1v) is 6.42. The fraction of sp³-hybridized carbons (Fsp3) is 0.571. The monoisotopic (exact) mass is 252 g/mol. The summed E-state index contributed by atoms with van der Waals surface area (Å²) in [6.45, 7) is 1.57. The van der Waals surface area contributed by atoms with Crippen molar-refractivity contribution in [3.63, 3.8) is 0 Å². The Labute approximate surface area is 108 Å². The van der Waals surface area contributed by atoms with Crippen LogP contribution in [-0.4, -0.2) is 31.9 Å². The van der Waals surface area contributed by atoms with E-state index < -0.39 is 0 Å². The van der Waals surface area contributed by atoms with Gasteiger partial charge in [0.2, 0.25) is 0 Å². The number of nitrogens with one attached hydrogen (secondary N) is 1. The van der Waals surface area contributed by atoms with Crippen LogP contribution in [0.2, 0.25) is 0 Å². The molecule has 1 aromatic rings. The Hall–Kier alpha value is -1.13. The zero-order chi connectivity index (χ0) is 13.1. The minimum absolute atomic E-state index is 0.117. The highest BCUT2D eigenvalue weighted by Crippen LogP contribution is 2.30. The van der Waals surface area contributed by atoms with Crippen molar-refractivity contribution in [1.29, 1.82) is 0 Å². The van der Waals surface area contributed by atoms with E-state index in [-0.39, 0.29) is 11.9 Å². The second-order valence-electron chi connectivity index (χ2n) is 5.18. The Balaban J connectivity index is 2.06. The van der Waals surface area contributed by atoms with E-state index in [1.807, 2.05) is 20.2 Å². The fourth-order valence-electron chi connectivity index (χ4n) is 2.59. The van der Waals surface area contributed by atoms with Crippen LogP contribution in [-0.2, 0) is 6.54 Å². The molecule has 0 aromatic heterocycles. The molecule has 0 saturated heterocycles. The number of aliphatic hydroxyl groups excluding tert-OH is 1. The minimum Gasteiger partial charge on any atom is -0.393 e. The zero-order valence-corrected chi connectivity index (χ0v) is 11.0. The summed E-state index contributed by atoms with van der Waals surface area (Å²) in [7, 11) is 3.88. The van der Waals surface area contributed by atoms with Crippen LogP contribution in [0, 0.1) is 11.7 Å². The van der Waals surface area contributed by atoms with E-state index in [1.165, 1.54) is 6.07 Å². The van der Waals surface area contributed by atoms with Crippen molar-refractivity contribution < 1.29 is 9.50 Å². The smallest absolute Gasteiger partial charge is 0.123 e. The lowest BCUT2D eigenvalue weighted by Crippen LogP contribution is -2.37. The van der Waals surface area contributed by atoms with Crippen LogP contribution in [0.3, 0.4) is 0 Å². The van der Waals surface area contributed by atoms with Crippen LogP contribution in [0.1, 0.15) is 18.4 Å². The van der Waals surface area contributed by atoms with E-state index in [1.54, 1.807) is 6.07 Å². The van der Waals surface area contributed by atoms with Gasteiger partial charge in [-0.25, -0.2) is 4.39 Å². The third-order valence-electron chi connectivity index (χ3n) is 3.56. The van der Waals surface area contributed by atoms with E-state index in [0.29, 0.717) is 12.5 Å². The van der Waals surface area contributed by atoms with Crippen molar-refractivity contribution in [2.75, 3.05) is 25.5 Å². The number of aliphatic hydroxyl groups is 1. The Bertz CT molecular complexity index is 405. The number of rotatable bonds is 5. The van der Waals surface area contributed by atoms with Crippen molar-refractivity contribution in [3.05, 3.63) is 29.6 Å². The van der Waals surface area contributed by atoms with Crippen LogP contribution in [0.4, 0.5) is 10.1 Å². The first kappa shape index (κ1) is 13.3. The molecule has 2 rings (SSSR count). The third kappa shape index (κ3) is 3.00. The van der Waals surface area contributed by atoms with Gasteiger partial charge in [0.15, 0.2) is 0 Å². The predicted octanol–water partition coefficient (Wildman–Crippen LogP) is 1.75. The molecule has 0 amide bonds. The molecule has 1 aliphatic rings. The van der Waals surface area contributed by atoms with Crippen LogP contribution in [0.25, 0.3) is 0 Å². The molecular weight excluding hydrogens is 231 g/mol. The summed E-state index contributed by atoms with van der Waals surface area (Å²) in [5.74, 6) is 0.356. The van der Waals surface area contributed by atoms with Crippen LogP contribution < -0.4 is 10.2 Å². The molecule has 18 heavy (non-hydrogen) atoms. The second-order valence-corrected chi connectivity index (χ2v) is 5.18. The molecule has 0 spiro atoms. The normalized spacial score (nSPS) is 22.7. The summed E-state index contributed by atoms with van der Waals surface area (Å²) < 4.78 is 13.2. The largest absolute Gasteiger partial charge is 0.393 e. The zero-order valence-electron chi connectivity index (χ0n) is 11.0. The van der Waals surface area contributed by atoms with Crippen molar-refractivity contribution >= 4 is 5.69 Å². The maximum atomic E-state index is 13.2. The van der Waals surface area contributed by atoms with Gasteiger partial charge in [0.1, 0.15) is 5.82 Å². The lowest BCUT2D eigenvalue weighted by atomic mass is 9.82. The Morgan fingerprint density at radius 2 is 2.17 bits per heavy atom. The van der Waals surface area contributed by atoms with E-state index in [0.717, 1.165) is 30.6 Å². The van der Waals surface area contributed by atoms with E-state index in [2.05, 4.69) is 10.2 Å². The molecule has 0 radical (unpaired) electrons. The molecule has 1 saturated carbocycles. The maximum Gasteiger partial charge on any atom is 0.123 e. The highest BCUT2D eigenvalue weighted by molar-refractivity contribution is 5.53. The van der Waals surface area contributed by atoms with Crippen molar-refractivity contribution in [3.8, 4) is 0 Å². The van der Waals surface area contributed by atoms with Crippen molar-refractivity contribution in [2.24, 2.45) is 5.92 Å². The number of hydrogen-bond acceptors (Lipinski definition) is 3. The van der Waals surface area contributed by atoms with Gasteiger partial charge in [-0.3, -0.25) is 0 Å². The van der Waals surface area contributed by atoms with Crippen molar-refractivity contribution in [1.82, 2.24) is 5.32 Å². The molecule has 2 N–H and O–H groups in total. The molecular formula is C14H21FN2O. The summed E-state index contributed by atoms with van der Waals surface area (Å²) in [4.78, 5) is 2.16. The molecule has 0 atom stereocenters. The van der Waals surface area contributed by atoms with Gasteiger partial charge in [-0.1, -0.05) is 0 Å². The van der Waals surface area contributed by atoms with Gasteiger partial charge < -0.3 is 15.3 Å². The summed E-state index contributed by atoms with van der Waals surface area (Å²) in [6.07, 6.45) is 1.65. The lowest BCUT2D eigenvalue weighted by Gasteiger charge is -2.35. The maximum absolute atomic E-state index is 13.2. The topological polar surface area (TPSA) is 35.5 Å². The molecule has 100 valence electrons. The first-order valence-electron chi connectivity index (χ1n) is 6.42. The molecule has 1 aromatic carbocycles. The average Bonchev–Trinajstić information content (AvgIpc) is 2.27. The summed E-state index contributed by atoms with van der Waals surface area (Å²) in [5.41, 5.74) is 2.03.